The number of halogens is 3. The number of rotatable bonds is 7. The molecule has 0 aliphatic carbocycles. The van der Waals surface area contributed by atoms with Gasteiger partial charge in [-0.3, -0.25) is 15.0 Å². The van der Waals surface area contributed by atoms with Crippen LogP contribution in [0.2, 0.25) is 0 Å². The van der Waals surface area contributed by atoms with Gasteiger partial charge in [0, 0.05) is 6.61 Å². The van der Waals surface area contributed by atoms with E-state index in [1.165, 1.54) is 5.57 Å². The standard InChI is InChI=1S/C24H28F3N7O/c1-3-4-15(2)16-5-8-33(9-6-16)14-21-29-18-11-19(22-30-23(32-31-22)24(25,26)27)28-12-20(18)34(21)13-17-7-10-35-17/h3-4,11-12,16-17H,2,5-10,13-14H2,1H3,(H,30,31,32)/b4-3-/t17-/m0/s1. The molecule has 2 fully saturated rings. The Hall–Kier alpha value is -3.05. The van der Waals surface area contributed by atoms with Crippen molar-refractivity contribution >= 4 is 11.0 Å². The molecule has 11 heteroatoms. The first-order valence-corrected chi connectivity index (χ1v) is 11.8. The zero-order chi connectivity index (χ0) is 24.6. The molecule has 0 spiro atoms. The van der Waals surface area contributed by atoms with Crippen LogP contribution in [0.5, 0.6) is 0 Å². The minimum absolute atomic E-state index is 0.110. The van der Waals surface area contributed by atoms with Crippen LogP contribution < -0.4 is 0 Å². The molecule has 0 saturated carbocycles. The molecule has 5 rings (SSSR count). The number of H-pyrrole nitrogens is 1. The van der Waals surface area contributed by atoms with Crippen molar-refractivity contribution in [2.24, 2.45) is 5.92 Å². The number of hydrogen-bond donors (Lipinski definition) is 1. The van der Waals surface area contributed by atoms with Gasteiger partial charge < -0.3 is 9.30 Å². The Bertz CT molecular complexity index is 1230. The van der Waals surface area contributed by atoms with Gasteiger partial charge in [-0.15, -0.1) is 0 Å². The Balaban J connectivity index is 1.39. The molecule has 1 atom stereocenters. The summed E-state index contributed by atoms with van der Waals surface area (Å²) >= 11 is 0. The van der Waals surface area contributed by atoms with Crippen LogP contribution in [0, 0.1) is 5.92 Å². The van der Waals surface area contributed by atoms with E-state index in [-0.39, 0.29) is 17.6 Å². The summed E-state index contributed by atoms with van der Waals surface area (Å²) in [6.07, 6.45) is 4.37. The van der Waals surface area contributed by atoms with E-state index >= 15 is 0 Å². The normalized spacial score (nSPS) is 20.1. The topological polar surface area (TPSA) is 84.8 Å². The van der Waals surface area contributed by atoms with Crippen molar-refractivity contribution in [2.75, 3.05) is 19.7 Å². The summed E-state index contributed by atoms with van der Waals surface area (Å²) in [5.74, 6) is 0.134. The molecule has 2 saturated heterocycles. The van der Waals surface area contributed by atoms with Crippen LogP contribution >= 0.6 is 0 Å². The lowest BCUT2D eigenvalue weighted by Crippen LogP contribution is -2.36. The van der Waals surface area contributed by atoms with Crippen molar-refractivity contribution in [3.8, 4) is 11.5 Å². The number of alkyl halides is 3. The van der Waals surface area contributed by atoms with E-state index in [0.717, 1.165) is 50.3 Å². The zero-order valence-electron chi connectivity index (χ0n) is 19.6. The smallest absolute Gasteiger partial charge is 0.376 e. The van der Waals surface area contributed by atoms with E-state index in [0.29, 0.717) is 24.5 Å². The summed E-state index contributed by atoms with van der Waals surface area (Å²) in [6.45, 7) is 10.2. The lowest BCUT2D eigenvalue weighted by molar-refractivity contribution is -0.144. The Morgan fingerprint density at radius 3 is 2.66 bits per heavy atom. The number of imidazole rings is 1. The van der Waals surface area contributed by atoms with Crippen LogP contribution in [0.25, 0.3) is 22.6 Å². The van der Waals surface area contributed by atoms with Gasteiger partial charge in [-0.25, -0.2) is 9.97 Å². The molecule has 2 aliphatic heterocycles. The van der Waals surface area contributed by atoms with Gasteiger partial charge in [0.05, 0.1) is 36.4 Å². The Labute approximate surface area is 200 Å². The number of fused-ring (bicyclic) bond motifs is 1. The highest BCUT2D eigenvalue weighted by Crippen LogP contribution is 2.29. The number of hydrogen-bond acceptors (Lipinski definition) is 6. The van der Waals surface area contributed by atoms with Gasteiger partial charge in [0.1, 0.15) is 11.5 Å². The summed E-state index contributed by atoms with van der Waals surface area (Å²) < 4.78 is 46.5. The number of piperidine rings is 1. The summed E-state index contributed by atoms with van der Waals surface area (Å²) in [5.41, 5.74) is 2.89. The maximum Gasteiger partial charge on any atom is 0.451 e. The minimum atomic E-state index is -4.60. The SMILES string of the molecule is C=C(/C=C\C)C1CCN(Cc2nc3cc(-c4n[nH]c(C(F)(F)F)n4)ncc3n2C[C@@H]2CCO2)CC1. The van der Waals surface area contributed by atoms with Crippen molar-refractivity contribution in [1.29, 1.82) is 0 Å². The second-order valence-electron chi connectivity index (χ2n) is 9.11. The van der Waals surface area contributed by atoms with Crippen LogP contribution in [-0.4, -0.2) is 60.4 Å². The van der Waals surface area contributed by atoms with Gasteiger partial charge in [0.15, 0.2) is 5.82 Å². The van der Waals surface area contributed by atoms with Crippen molar-refractivity contribution < 1.29 is 17.9 Å². The number of nitrogens with zero attached hydrogens (tertiary/aromatic N) is 6. The second-order valence-corrected chi connectivity index (χ2v) is 9.11. The van der Waals surface area contributed by atoms with Crippen molar-refractivity contribution in [3.63, 3.8) is 0 Å². The second kappa shape index (κ2) is 9.54. The molecule has 35 heavy (non-hydrogen) atoms. The summed E-state index contributed by atoms with van der Waals surface area (Å²) in [4.78, 5) is 15.1. The lowest BCUT2D eigenvalue weighted by Gasteiger charge is -2.32. The number of ether oxygens (including phenoxy) is 1. The third-order valence-electron chi connectivity index (χ3n) is 6.73. The monoisotopic (exact) mass is 487 g/mol. The molecule has 8 nitrogen and oxygen atoms in total. The number of allylic oxidation sites excluding steroid dienone is 3. The van der Waals surface area contributed by atoms with Gasteiger partial charge >= 0.3 is 6.18 Å². The van der Waals surface area contributed by atoms with Crippen LogP contribution in [0.15, 0.2) is 36.6 Å². The third-order valence-corrected chi connectivity index (χ3v) is 6.73. The summed E-state index contributed by atoms with van der Waals surface area (Å²) in [5, 5.41) is 5.63. The predicted molar refractivity (Wildman–Crippen MR) is 124 cm³/mol. The average Bonchev–Trinajstić information content (AvgIpc) is 3.42. The van der Waals surface area contributed by atoms with Crippen LogP contribution in [0.1, 0.15) is 37.8 Å². The highest BCUT2D eigenvalue weighted by Gasteiger charge is 2.35. The number of aromatic amines is 1. The molecule has 0 bridgehead atoms. The molecule has 5 heterocycles. The number of likely N-dealkylation sites (tertiary alicyclic amines) is 1. The molecule has 2 aliphatic rings. The van der Waals surface area contributed by atoms with Crippen molar-refractivity contribution in [2.45, 2.75) is 51.6 Å². The first-order chi connectivity index (χ1) is 16.8. The fourth-order valence-electron chi connectivity index (χ4n) is 4.67. The number of nitrogens with one attached hydrogen (secondary N) is 1. The maximum absolute atomic E-state index is 12.9. The molecule has 3 aromatic rings. The lowest BCUT2D eigenvalue weighted by atomic mass is 9.90. The molecular formula is C24H28F3N7O. The van der Waals surface area contributed by atoms with Crippen LogP contribution in [-0.2, 0) is 24.0 Å². The summed E-state index contributed by atoms with van der Waals surface area (Å²) in [6, 6.07) is 1.65. The molecule has 0 amide bonds. The summed E-state index contributed by atoms with van der Waals surface area (Å²) in [7, 11) is 0. The zero-order valence-corrected chi connectivity index (χ0v) is 19.6. The first kappa shape index (κ1) is 23.7. The number of aromatic nitrogens is 6. The van der Waals surface area contributed by atoms with Crippen LogP contribution in [0.4, 0.5) is 13.2 Å². The molecule has 3 aromatic heterocycles. The Kier molecular flexibility index (Phi) is 6.45. The van der Waals surface area contributed by atoms with Crippen LogP contribution in [0.3, 0.4) is 0 Å². The molecule has 0 radical (unpaired) electrons. The third kappa shape index (κ3) is 5.01. The molecule has 186 valence electrons. The molecule has 0 unspecified atom stereocenters. The maximum atomic E-state index is 12.9. The quantitative estimate of drug-likeness (QED) is 0.499. The van der Waals surface area contributed by atoms with Gasteiger partial charge in [-0.1, -0.05) is 24.3 Å². The highest BCUT2D eigenvalue weighted by molar-refractivity contribution is 5.78. The number of pyridine rings is 1. The van der Waals surface area contributed by atoms with Crippen molar-refractivity contribution in [1.82, 2.24) is 34.6 Å². The largest absolute Gasteiger partial charge is 0.451 e. The Morgan fingerprint density at radius 1 is 1.26 bits per heavy atom. The fraction of sp³-hybridized carbons (Fsp3) is 0.500. The van der Waals surface area contributed by atoms with E-state index in [2.05, 4.69) is 37.2 Å². The molecule has 0 aromatic carbocycles. The predicted octanol–water partition coefficient (Wildman–Crippen LogP) is 4.37. The van der Waals surface area contributed by atoms with Gasteiger partial charge in [0.2, 0.25) is 5.82 Å². The average molecular weight is 488 g/mol. The molecule has 1 N–H and O–H groups in total. The fourth-order valence-corrected chi connectivity index (χ4v) is 4.67. The van der Waals surface area contributed by atoms with E-state index < -0.39 is 12.0 Å². The highest BCUT2D eigenvalue weighted by atomic mass is 19.4. The van der Waals surface area contributed by atoms with Gasteiger partial charge in [-0.05, 0) is 51.3 Å². The van der Waals surface area contributed by atoms with E-state index in [4.69, 9.17) is 9.72 Å². The first-order valence-electron chi connectivity index (χ1n) is 11.8. The van der Waals surface area contributed by atoms with E-state index in [1.807, 2.05) is 18.1 Å². The van der Waals surface area contributed by atoms with E-state index in [9.17, 15) is 13.2 Å². The van der Waals surface area contributed by atoms with Gasteiger partial charge in [-0.2, -0.15) is 18.3 Å². The minimum Gasteiger partial charge on any atom is -0.376 e. The van der Waals surface area contributed by atoms with Crippen molar-refractivity contribution in [3.05, 3.63) is 48.2 Å². The Morgan fingerprint density at radius 2 is 2.03 bits per heavy atom. The van der Waals surface area contributed by atoms with Gasteiger partial charge in [0.25, 0.3) is 0 Å². The van der Waals surface area contributed by atoms with E-state index in [1.54, 1.807) is 12.3 Å². The molecular weight excluding hydrogens is 459 g/mol.